The largest absolute Gasteiger partial charge is 0.382 e. The molecule has 4 rings (SSSR count). The number of piperidine rings is 1. The predicted molar refractivity (Wildman–Crippen MR) is 104 cm³/mol. The Morgan fingerprint density at radius 3 is 2.73 bits per heavy atom. The minimum absolute atomic E-state index is 0.0201. The molecule has 1 aliphatic heterocycles. The molecule has 0 saturated carbocycles. The number of pyridine rings is 1. The summed E-state index contributed by atoms with van der Waals surface area (Å²) in [5.74, 6) is -6.26. The zero-order chi connectivity index (χ0) is 21.5. The Morgan fingerprint density at radius 1 is 1.33 bits per heavy atom. The third-order valence-corrected chi connectivity index (χ3v) is 5.81. The first-order valence-electron chi connectivity index (χ1n) is 9.37. The van der Waals surface area contributed by atoms with E-state index in [0.717, 1.165) is 0 Å². The van der Waals surface area contributed by atoms with E-state index in [1.807, 2.05) is 0 Å². The van der Waals surface area contributed by atoms with E-state index in [4.69, 9.17) is 11.6 Å². The molecule has 1 aliphatic rings. The van der Waals surface area contributed by atoms with Gasteiger partial charge in [0.15, 0.2) is 0 Å². The van der Waals surface area contributed by atoms with Crippen LogP contribution in [0.5, 0.6) is 0 Å². The van der Waals surface area contributed by atoms with Crippen LogP contribution >= 0.6 is 11.6 Å². The van der Waals surface area contributed by atoms with Crippen molar-refractivity contribution in [2.24, 2.45) is 5.92 Å². The summed E-state index contributed by atoms with van der Waals surface area (Å²) in [6.45, 7) is 0.191. The number of halogens is 4. The van der Waals surface area contributed by atoms with Crippen molar-refractivity contribution < 1.29 is 23.1 Å². The van der Waals surface area contributed by atoms with Gasteiger partial charge in [-0.2, -0.15) is 5.10 Å². The third-order valence-electron chi connectivity index (χ3n) is 5.54. The molecule has 3 aromatic rings. The molecular weight excluding hydrogens is 421 g/mol. The number of H-pyrrole nitrogens is 1. The van der Waals surface area contributed by atoms with Gasteiger partial charge in [0, 0.05) is 42.4 Å². The number of carbonyl (C=O) groups excluding carboxylic acids is 1. The summed E-state index contributed by atoms with van der Waals surface area (Å²) in [6, 6.07) is 4.49. The van der Waals surface area contributed by atoms with Crippen molar-refractivity contribution in [3.8, 4) is 0 Å². The predicted octanol–water partition coefficient (Wildman–Crippen LogP) is 3.97. The molecule has 1 fully saturated rings. The number of nitrogens with one attached hydrogen (secondary N) is 1. The maximum atomic E-state index is 15.2. The fraction of sp³-hybridized carbons (Fsp3) is 0.350. The molecule has 1 amide bonds. The molecule has 1 unspecified atom stereocenters. The van der Waals surface area contributed by atoms with Crippen molar-refractivity contribution in [2.45, 2.75) is 24.9 Å². The van der Waals surface area contributed by atoms with E-state index in [1.165, 1.54) is 29.6 Å². The van der Waals surface area contributed by atoms with Crippen LogP contribution < -0.4 is 0 Å². The zero-order valence-corrected chi connectivity index (χ0v) is 16.4. The highest BCUT2D eigenvalue weighted by molar-refractivity contribution is 6.31. The number of aromatic nitrogens is 3. The number of likely N-dealkylation sites (tertiary alicyclic amines) is 1. The minimum Gasteiger partial charge on any atom is -0.382 e. The van der Waals surface area contributed by atoms with Crippen molar-refractivity contribution in [1.82, 2.24) is 20.1 Å². The summed E-state index contributed by atoms with van der Waals surface area (Å²) in [6.07, 6.45) is 1.79. The first-order chi connectivity index (χ1) is 14.3. The molecule has 10 heteroatoms. The van der Waals surface area contributed by atoms with Crippen LogP contribution in [0.3, 0.4) is 0 Å². The lowest BCUT2D eigenvalue weighted by molar-refractivity contribution is -0.160. The van der Waals surface area contributed by atoms with Crippen LogP contribution in [0.4, 0.5) is 13.2 Å². The number of alkyl halides is 2. The van der Waals surface area contributed by atoms with Crippen LogP contribution in [0.2, 0.25) is 5.02 Å². The first-order valence-corrected chi connectivity index (χ1v) is 9.74. The monoisotopic (exact) mass is 438 g/mol. The standard InChI is InChI=1S/C20H18ClF3N4O2/c21-14-8-12-10-26-27-17(12)15(16(14)22)18(29)20(23,24)13-3-6-28(7-4-13)19(30)11-2-1-5-25-9-11/h1-2,5,8-10,13,18,29H,3-4,6-7H2,(H,26,27). The molecule has 6 nitrogen and oxygen atoms in total. The second kappa shape index (κ2) is 7.88. The van der Waals surface area contributed by atoms with Crippen LogP contribution in [0.1, 0.15) is 34.9 Å². The topological polar surface area (TPSA) is 82.1 Å². The Morgan fingerprint density at radius 2 is 2.07 bits per heavy atom. The molecule has 3 heterocycles. The van der Waals surface area contributed by atoms with Gasteiger partial charge in [0.25, 0.3) is 11.8 Å². The third kappa shape index (κ3) is 3.52. The highest BCUT2D eigenvalue weighted by Gasteiger charge is 2.50. The van der Waals surface area contributed by atoms with Gasteiger partial charge in [-0.3, -0.25) is 14.9 Å². The van der Waals surface area contributed by atoms with E-state index in [9.17, 15) is 14.3 Å². The second-order valence-electron chi connectivity index (χ2n) is 7.31. The lowest BCUT2D eigenvalue weighted by Crippen LogP contribution is -2.45. The number of nitrogens with zero attached hydrogens (tertiary/aromatic N) is 3. The maximum Gasteiger partial charge on any atom is 0.280 e. The van der Waals surface area contributed by atoms with E-state index in [0.29, 0.717) is 10.9 Å². The van der Waals surface area contributed by atoms with Crippen molar-refractivity contribution >= 4 is 28.4 Å². The average molecular weight is 439 g/mol. The van der Waals surface area contributed by atoms with E-state index < -0.39 is 29.3 Å². The Hall–Kier alpha value is -2.65. The average Bonchev–Trinajstić information content (AvgIpc) is 3.22. The van der Waals surface area contributed by atoms with Gasteiger partial charge < -0.3 is 10.0 Å². The van der Waals surface area contributed by atoms with E-state index in [1.54, 1.807) is 12.1 Å². The fourth-order valence-electron chi connectivity index (χ4n) is 3.87. The summed E-state index contributed by atoms with van der Waals surface area (Å²) in [5.41, 5.74) is -0.243. The van der Waals surface area contributed by atoms with Crippen molar-refractivity contribution in [3.63, 3.8) is 0 Å². The van der Waals surface area contributed by atoms with Crippen molar-refractivity contribution in [2.75, 3.05) is 13.1 Å². The number of aromatic amines is 1. The summed E-state index contributed by atoms with van der Waals surface area (Å²) in [7, 11) is 0. The van der Waals surface area contributed by atoms with Crippen molar-refractivity contribution in [3.05, 3.63) is 58.8 Å². The Labute approximate surface area is 174 Å². The maximum absolute atomic E-state index is 15.2. The lowest BCUT2D eigenvalue weighted by Gasteiger charge is -2.37. The fourth-order valence-corrected chi connectivity index (χ4v) is 4.09. The van der Waals surface area contributed by atoms with Gasteiger partial charge >= 0.3 is 0 Å². The number of aliphatic hydroxyl groups excluding tert-OH is 1. The number of carbonyl (C=O) groups is 1. The zero-order valence-electron chi connectivity index (χ0n) is 15.7. The van der Waals surface area contributed by atoms with Crippen LogP contribution in [-0.2, 0) is 0 Å². The molecule has 0 aliphatic carbocycles. The summed E-state index contributed by atoms with van der Waals surface area (Å²) in [4.78, 5) is 17.9. The molecule has 158 valence electrons. The van der Waals surface area contributed by atoms with Crippen LogP contribution in [0.15, 0.2) is 36.8 Å². The smallest absolute Gasteiger partial charge is 0.280 e. The number of hydrogen-bond donors (Lipinski definition) is 2. The number of hydrogen-bond acceptors (Lipinski definition) is 4. The SMILES string of the molecule is O=C(c1cccnc1)N1CCC(C(F)(F)C(O)c2c(F)c(Cl)cc3cn[nH]c23)CC1. The number of aliphatic hydroxyl groups is 1. The number of fused-ring (bicyclic) bond motifs is 1. The lowest BCUT2D eigenvalue weighted by atomic mass is 9.84. The van der Waals surface area contributed by atoms with E-state index >= 15 is 8.78 Å². The summed E-state index contributed by atoms with van der Waals surface area (Å²) in [5, 5.41) is 16.6. The van der Waals surface area contributed by atoms with Gasteiger partial charge in [-0.15, -0.1) is 0 Å². The molecule has 1 atom stereocenters. The van der Waals surface area contributed by atoms with E-state index in [-0.39, 0.29) is 42.4 Å². The molecule has 2 N–H and O–H groups in total. The minimum atomic E-state index is -3.63. The van der Waals surface area contributed by atoms with Crippen LogP contribution in [0, 0.1) is 11.7 Å². The molecule has 30 heavy (non-hydrogen) atoms. The Kier molecular flexibility index (Phi) is 5.42. The highest BCUT2D eigenvalue weighted by atomic mass is 35.5. The molecular formula is C20H18ClF3N4O2. The second-order valence-corrected chi connectivity index (χ2v) is 7.71. The summed E-state index contributed by atoms with van der Waals surface area (Å²) >= 11 is 5.82. The van der Waals surface area contributed by atoms with Crippen LogP contribution in [0.25, 0.3) is 10.9 Å². The Bertz CT molecular complexity index is 1070. The van der Waals surface area contributed by atoms with Gasteiger partial charge in [-0.1, -0.05) is 11.6 Å². The molecule has 0 radical (unpaired) electrons. The van der Waals surface area contributed by atoms with Gasteiger partial charge in [-0.25, -0.2) is 13.2 Å². The Balaban J connectivity index is 1.53. The van der Waals surface area contributed by atoms with E-state index in [2.05, 4.69) is 15.2 Å². The van der Waals surface area contributed by atoms with Gasteiger partial charge in [0.2, 0.25) is 0 Å². The molecule has 1 saturated heterocycles. The normalized spacial score (nSPS) is 16.8. The first kappa shape index (κ1) is 20.6. The van der Waals surface area contributed by atoms with Gasteiger partial charge in [0.05, 0.1) is 22.3 Å². The highest BCUT2D eigenvalue weighted by Crippen LogP contribution is 2.45. The molecule has 0 spiro atoms. The van der Waals surface area contributed by atoms with Gasteiger partial charge in [0.1, 0.15) is 11.9 Å². The molecule has 0 bridgehead atoms. The number of rotatable bonds is 4. The van der Waals surface area contributed by atoms with Crippen LogP contribution in [-0.4, -0.2) is 50.1 Å². The number of amides is 1. The molecule has 1 aromatic carbocycles. The van der Waals surface area contributed by atoms with Crippen molar-refractivity contribution in [1.29, 1.82) is 0 Å². The quantitative estimate of drug-likeness (QED) is 0.645. The number of benzene rings is 1. The summed E-state index contributed by atoms with van der Waals surface area (Å²) < 4.78 is 44.9. The molecule has 2 aromatic heterocycles. The van der Waals surface area contributed by atoms with Gasteiger partial charge in [-0.05, 0) is 31.0 Å².